The van der Waals surface area contributed by atoms with Gasteiger partial charge in [0.1, 0.15) is 0 Å². The van der Waals surface area contributed by atoms with Crippen molar-refractivity contribution in [1.29, 1.82) is 0 Å². The van der Waals surface area contributed by atoms with Crippen molar-refractivity contribution in [3.8, 4) is 5.88 Å². The normalized spacial score (nSPS) is 13.3. The van der Waals surface area contributed by atoms with Crippen molar-refractivity contribution in [2.45, 2.75) is 39.4 Å². The van der Waals surface area contributed by atoms with Crippen LogP contribution in [0.25, 0.3) is 0 Å². The number of pyridine rings is 1. The molecular formula is C24H31IN6O. The molecule has 0 radical (unpaired) electrons. The molecule has 0 atom stereocenters. The lowest BCUT2D eigenvalue weighted by Crippen LogP contribution is -2.37. The number of hydrogen-bond donors (Lipinski definition) is 2. The van der Waals surface area contributed by atoms with Crippen LogP contribution < -0.4 is 15.4 Å². The fourth-order valence-corrected chi connectivity index (χ4v) is 3.26. The molecule has 0 unspecified atom stereocenters. The van der Waals surface area contributed by atoms with E-state index in [2.05, 4.69) is 51.9 Å². The highest BCUT2D eigenvalue weighted by molar-refractivity contribution is 14.0. The lowest BCUT2D eigenvalue weighted by molar-refractivity contribution is 0.288. The molecular weight excluding hydrogens is 515 g/mol. The second-order valence-electron chi connectivity index (χ2n) is 7.78. The van der Waals surface area contributed by atoms with Gasteiger partial charge in [0.05, 0.1) is 19.7 Å². The summed E-state index contributed by atoms with van der Waals surface area (Å²) < 4.78 is 7.72. The Labute approximate surface area is 206 Å². The van der Waals surface area contributed by atoms with Gasteiger partial charge in [0.15, 0.2) is 5.96 Å². The Balaban J connectivity index is 0.00000289. The molecule has 1 aromatic carbocycles. The molecule has 1 aliphatic rings. The average molecular weight is 546 g/mol. The van der Waals surface area contributed by atoms with Crippen molar-refractivity contribution in [2.75, 3.05) is 13.2 Å². The highest BCUT2D eigenvalue weighted by Gasteiger charge is 2.22. The summed E-state index contributed by atoms with van der Waals surface area (Å²) in [4.78, 5) is 9.06. The van der Waals surface area contributed by atoms with Crippen LogP contribution in [0.4, 0.5) is 0 Å². The largest absolute Gasteiger partial charge is 0.477 e. The maximum atomic E-state index is 5.79. The number of nitrogens with one attached hydrogen (secondary N) is 2. The van der Waals surface area contributed by atoms with Gasteiger partial charge in [0.25, 0.3) is 0 Å². The molecule has 7 nitrogen and oxygen atoms in total. The number of guanidine groups is 1. The summed E-state index contributed by atoms with van der Waals surface area (Å²) in [5, 5.41) is 11.1. The minimum absolute atomic E-state index is 0. The number of ether oxygens (including phenoxy) is 1. The molecule has 2 N–H and O–H groups in total. The Hall–Kier alpha value is -2.62. The average Bonchev–Trinajstić information content (AvgIpc) is 3.49. The van der Waals surface area contributed by atoms with Crippen molar-refractivity contribution in [2.24, 2.45) is 10.9 Å². The summed E-state index contributed by atoms with van der Waals surface area (Å²) in [6.07, 6.45) is 8.11. The van der Waals surface area contributed by atoms with Crippen LogP contribution in [-0.2, 0) is 19.6 Å². The number of aliphatic imine (C=N–C) groups is 1. The van der Waals surface area contributed by atoms with E-state index < -0.39 is 0 Å². The van der Waals surface area contributed by atoms with Crippen molar-refractivity contribution in [3.05, 3.63) is 77.7 Å². The van der Waals surface area contributed by atoms with E-state index in [9.17, 15) is 0 Å². The van der Waals surface area contributed by atoms with Gasteiger partial charge in [-0.3, -0.25) is 4.68 Å². The fourth-order valence-electron chi connectivity index (χ4n) is 3.26. The minimum Gasteiger partial charge on any atom is -0.477 e. The molecule has 170 valence electrons. The molecule has 2 heterocycles. The van der Waals surface area contributed by atoms with Crippen molar-refractivity contribution in [3.63, 3.8) is 0 Å². The second-order valence-corrected chi connectivity index (χ2v) is 7.78. The van der Waals surface area contributed by atoms with E-state index >= 15 is 0 Å². The van der Waals surface area contributed by atoms with Crippen molar-refractivity contribution in [1.82, 2.24) is 25.4 Å². The third-order valence-electron chi connectivity index (χ3n) is 5.18. The first-order chi connectivity index (χ1) is 15.3. The van der Waals surface area contributed by atoms with Crippen molar-refractivity contribution < 1.29 is 4.74 Å². The molecule has 8 heteroatoms. The Morgan fingerprint density at radius 1 is 1.12 bits per heavy atom. The molecule has 1 aliphatic carbocycles. The van der Waals surface area contributed by atoms with Crippen LogP contribution in [-0.4, -0.2) is 33.9 Å². The second kappa shape index (κ2) is 12.4. The molecule has 1 fully saturated rings. The standard InChI is InChI=1S/C24H30N6O.HI/c1-2-25-24(27-15-20-10-12-26-23(14-20)31-18-19-8-9-19)28-16-21-6-3-4-7-22(21)17-30-13-5-11-29-30;/h3-7,10-14,19H,2,8-9,15-18H2,1H3,(H2,25,27,28);1H. The third kappa shape index (κ3) is 7.51. The zero-order valence-corrected chi connectivity index (χ0v) is 20.7. The molecule has 2 aromatic heterocycles. The van der Waals surface area contributed by atoms with Gasteiger partial charge in [0.2, 0.25) is 5.88 Å². The molecule has 0 aliphatic heterocycles. The smallest absolute Gasteiger partial charge is 0.213 e. The summed E-state index contributed by atoms with van der Waals surface area (Å²) in [6, 6.07) is 14.3. The summed E-state index contributed by atoms with van der Waals surface area (Å²) in [7, 11) is 0. The van der Waals surface area contributed by atoms with Crippen LogP contribution in [0.3, 0.4) is 0 Å². The van der Waals surface area contributed by atoms with Gasteiger partial charge in [-0.1, -0.05) is 24.3 Å². The Kier molecular flexibility index (Phi) is 9.33. The summed E-state index contributed by atoms with van der Waals surface area (Å²) >= 11 is 0. The number of aromatic nitrogens is 3. The van der Waals surface area contributed by atoms with E-state index in [1.807, 2.05) is 29.1 Å². The van der Waals surface area contributed by atoms with Gasteiger partial charge in [0, 0.05) is 37.7 Å². The van der Waals surface area contributed by atoms with E-state index in [-0.39, 0.29) is 24.0 Å². The van der Waals surface area contributed by atoms with Crippen LogP contribution in [0.1, 0.15) is 36.5 Å². The van der Waals surface area contributed by atoms with Gasteiger partial charge >= 0.3 is 0 Å². The lowest BCUT2D eigenvalue weighted by atomic mass is 10.1. The molecule has 0 amide bonds. The monoisotopic (exact) mass is 546 g/mol. The topological polar surface area (TPSA) is 76.4 Å². The quantitative estimate of drug-likeness (QED) is 0.229. The first kappa shape index (κ1) is 24.0. The minimum atomic E-state index is 0. The van der Waals surface area contributed by atoms with Gasteiger partial charge in [-0.05, 0) is 54.5 Å². The van der Waals surface area contributed by atoms with E-state index in [0.29, 0.717) is 24.9 Å². The van der Waals surface area contributed by atoms with E-state index in [1.54, 1.807) is 12.4 Å². The maximum Gasteiger partial charge on any atom is 0.213 e. The molecule has 3 aromatic rings. The Morgan fingerprint density at radius 2 is 1.97 bits per heavy atom. The molecule has 1 saturated carbocycles. The molecule has 0 saturated heterocycles. The van der Waals surface area contributed by atoms with Crippen LogP contribution in [0.15, 0.2) is 66.0 Å². The molecule has 0 spiro atoms. The number of hydrogen-bond acceptors (Lipinski definition) is 4. The van der Waals surface area contributed by atoms with Gasteiger partial charge in [-0.25, -0.2) is 9.98 Å². The summed E-state index contributed by atoms with van der Waals surface area (Å²) in [5.41, 5.74) is 3.54. The number of rotatable bonds is 10. The molecule has 0 bridgehead atoms. The highest BCUT2D eigenvalue weighted by atomic mass is 127. The maximum absolute atomic E-state index is 5.79. The van der Waals surface area contributed by atoms with Crippen LogP contribution >= 0.6 is 24.0 Å². The lowest BCUT2D eigenvalue weighted by Gasteiger charge is -2.14. The van der Waals surface area contributed by atoms with E-state index in [4.69, 9.17) is 9.73 Å². The third-order valence-corrected chi connectivity index (χ3v) is 5.18. The van der Waals surface area contributed by atoms with Crippen molar-refractivity contribution >= 4 is 29.9 Å². The Bertz CT molecular complexity index is 988. The number of nitrogens with zero attached hydrogens (tertiary/aromatic N) is 4. The van der Waals surface area contributed by atoms with Crippen LogP contribution in [0.2, 0.25) is 0 Å². The number of halogens is 1. The van der Waals surface area contributed by atoms with E-state index in [1.165, 1.54) is 24.0 Å². The first-order valence-electron chi connectivity index (χ1n) is 10.9. The summed E-state index contributed by atoms with van der Waals surface area (Å²) in [6.45, 7) is 5.63. The summed E-state index contributed by atoms with van der Waals surface area (Å²) in [5.74, 6) is 2.18. The van der Waals surface area contributed by atoms with Gasteiger partial charge in [-0.2, -0.15) is 5.10 Å². The zero-order chi connectivity index (χ0) is 21.3. The fraction of sp³-hybridized carbons (Fsp3) is 0.375. The van der Waals surface area contributed by atoms with Gasteiger partial charge in [-0.15, -0.1) is 24.0 Å². The zero-order valence-electron chi connectivity index (χ0n) is 18.4. The van der Waals surface area contributed by atoms with E-state index in [0.717, 1.165) is 31.2 Å². The predicted molar refractivity (Wildman–Crippen MR) is 137 cm³/mol. The molecule has 32 heavy (non-hydrogen) atoms. The van der Waals surface area contributed by atoms with Gasteiger partial charge < -0.3 is 15.4 Å². The van der Waals surface area contributed by atoms with Crippen LogP contribution in [0.5, 0.6) is 5.88 Å². The first-order valence-corrected chi connectivity index (χ1v) is 10.9. The number of benzene rings is 1. The highest BCUT2D eigenvalue weighted by Crippen LogP contribution is 2.29. The Morgan fingerprint density at radius 3 is 2.72 bits per heavy atom. The molecule has 4 rings (SSSR count). The van der Waals surface area contributed by atoms with Crippen LogP contribution in [0, 0.1) is 5.92 Å². The predicted octanol–water partition coefficient (Wildman–Crippen LogP) is 3.99. The SMILES string of the molecule is CCNC(=NCc1ccnc(OCC2CC2)c1)NCc1ccccc1Cn1cccn1.I.